The molecule has 0 saturated heterocycles. The Balaban J connectivity index is 1.49. The lowest BCUT2D eigenvalue weighted by atomic mass is 10.2. The fourth-order valence-corrected chi connectivity index (χ4v) is 2.39. The third-order valence-electron chi connectivity index (χ3n) is 3.86. The standard InChI is InChI=1S/C16H19N3O3/c1-9(20)17-10-2-4-11(5-3-10)18-15(21)13-8-14(13)16(22)19-12-6-7-12/h2-5,12-14H,6-8H2,1H3,(H,17,20)(H,18,21)(H,19,22). The maximum absolute atomic E-state index is 12.1. The average molecular weight is 301 g/mol. The molecule has 3 rings (SSSR count). The number of hydrogen-bond donors (Lipinski definition) is 3. The van der Waals surface area contributed by atoms with Gasteiger partial charge in [0.15, 0.2) is 0 Å². The van der Waals surface area contributed by atoms with Crippen LogP contribution in [0.5, 0.6) is 0 Å². The van der Waals surface area contributed by atoms with Crippen molar-refractivity contribution < 1.29 is 14.4 Å². The molecule has 2 saturated carbocycles. The maximum atomic E-state index is 12.1. The molecule has 2 atom stereocenters. The zero-order valence-corrected chi connectivity index (χ0v) is 12.4. The van der Waals surface area contributed by atoms with Crippen molar-refractivity contribution in [1.29, 1.82) is 0 Å². The molecule has 2 aliphatic carbocycles. The van der Waals surface area contributed by atoms with Crippen molar-refractivity contribution in [2.45, 2.75) is 32.2 Å². The lowest BCUT2D eigenvalue weighted by molar-refractivity contribution is -0.125. The van der Waals surface area contributed by atoms with Crippen LogP contribution in [0.4, 0.5) is 11.4 Å². The normalized spacial score (nSPS) is 22.6. The summed E-state index contributed by atoms with van der Waals surface area (Å²) < 4.78 is 0. The van der Waals surface area contributed by atoms with E-state index in [1.54, 1.807) is 24.3 Å². The number of hydrogen-bond acceptors (Lipinski definition) is 3. The Morgan fingerprint density at radius 2 is 1.45 bits per heavy atom. The molecule has 2 aliphatic rings. The molecule has 0 aliphatic heterocycles. The Hall–Kier alpha value is -2.37. The van der Waals surface area contributed by atoms with Gasteiger partial charge in [-0.15, -0.1) is 0 Å². The molecule has 0 aromatic heterocycles. The van der Waals surface area contributed by atoms with E-state index in [0.717, 1.165) is 12.8 Å². The first kappa shape index (κ1) is 14.6. The summed E-state index contributed by atoms with van der Waals surface area (Å²) in [6.07, 6.45) is 2.72. The molecule has 3 N–H and O–H groups in total. The molecule has 6 nitrogen and oxygen atoms in total. The van der Waals surface area contributed by atoms with Crippen LogP contribution in [0.2, 0.25) is 0 Å². The van der Waals surface area contributed by atoms with Crippen LogP contribution < -0.4 is 16.0 Å². The first-order chi connectivity index (χ1) is 10.5. The van der Waals surface area contributed by atoms with E-state index in [0.29, 0.717) is 23.8 Å². The van der Waals surface area contributed by atoms with Gasteiger partial charge in [0, 0.05) is 24.3 Å². The summed E-state index contributed by atoms with van der Waals surface area (Å²) in [6.45, 7) is 1.44. The quantitative estimate of drug-likeness (QED) is 0.770. The average Bonchev–Trinajstić information content (AvgIpc) is 3.34. The summed E-state index contributed by atoms with van der Waals surface area (Å²) in [5, 5.41) is 8.40. The van der Waals surface area contributed by atoms with Crippen LogP contribution in [0.1, 0.15) is 26.2 Å². The van der Waals surface area contributed by atoms with Crippen LogP contribution in [0.15, 0.2) is 24.3 Å². The smallest absolute Gasteiger partial charge is 0.228 e. The van der Waals surface area contributed by atoms with Crippen molar-refractivity contribution in [3.63, 3.8) is 0 Å². The van der Waals surface area contributed by atoms with E-state index < -0.39 is 0 Å². The first-order valence-electron chi connectivity index (χ1n) is 7.52. The highest BCUT2D eigenvalue weighted by Gasteiger charge is 2.48. The van der Waals surface area contributed by atoms with Crippen LogP contribution in [-0.2, 0) is 14.4 Å². The molecule has 116 valence electrons. The molecule has 1 aromatic rings. The van der Waals surface area contributed by atoms with Crippen LogP contribution in [0, 0.1) is 11.8 Å². The van der Waals surface area contributed by atoms with Gasteiger partial charge in [0.2, 0.25) is 17.7 Å². The monoisotopic (exact) mass is 301 g/mol. The minimum Gasteiger partial charge on any atom is -0.353 e. The fourth-order valence-electron chi connectivity index (χ4n) is 2.39. The molecular weight excluding hydrogens is 282 g/mol. The number of nitrogens with one attached hydrogen (secondary N) is 3. The van der Waals surface area contributed by atoms with Crippen molar-refractivity contribution in [3.8, 4) is 0 Å². The number of amides is 3. The number of anilines is 2. The molecule has 1 aromatic carbocycles. The summed E-state index contributed by atoms with van der Waals surface area (Å²) >= 11 is 0. The Bertz CT molecular complexity index is 608. The van der Waals surface area contributed by atoms with Gasteiger partial charge in [-0.3, -0.25) is 14.4 Å². The molecule has 2 fully saturated rings. The van der Waals surface area contributed by atoms with Gasteiger partial charge in [-0.1, -0.05) is 0 Å². The number of rotatable bonds is 5. The summed E-state index contributed by atoms with van der Waals surface area (Å²) in [6, 6.07) is 7.23. The maximum Gasteiger partial charge on any atom is 0.228 e. The van der Waals surface area contributed by atoms with Gasteiger partial charge < -0.3 is 16.0 Å². The molecule has 22 heavy (non-hydrogen) atoms. The largest absolute Gasteiger partial charge is 0.353 e. The predicted octanol–water partition coefficient (Wildman–Crippen LogP) is 1.50. The second kappa shape index (κ2) is 5.79. The van der Waals surface area contributed by atoms with Gasteiger partial charge in [-0.25, -0.2) is 0 Å². The molecule has 0 heterocycles. The van der Waals surface area contributed by atoms with Crippen molar-refractivity contribution in [2.24, 2.45) is 11.8 Å². The number of carbonyl (C=O) groups excluding carboxylic acids is 3. The topological polar surface area (TPSA) is 87.3 Å². The summed E-state index contributed by atoms with van der Waals surface area (Å²) in [5.74, 6) is -0.667. The lowest BCUT2D eigenvalue weighted by Gasteiger charge is -2.07. The van der Waals surface area contributed by atoms with Crippen molar-refractivity contribution in [1.82, 2.24) is 5.32 Å². The lowest BCUT2D eigenvalue weighted by Crippen LogP contribution is -2.29. The van der Waals surface area contributed by atoms with Crippen LogP contribution in [0.3, 0.4) is 0 Å². The van der Waals surface area contributed by atoms with E-state index in [2.05, 4.69) is 16.0 Å². The SMILES string of the molecule is CC(=O)Nc1ccc(NC(=O)C2CC2C(=O)NC2CC2)cc1. The van der Waals surface area contributed by atoms with Gasteiger partial charge >= 0.3 is 0 Å². The molecule has 3 amide bonds. The van der Waals surface area contributed by atoms with Gasteiger partial charge in [0.25, 0.3) is 0 Å². The van der Waals surface area contributed by atoms with Crippen molar-refractivity contribution in [2.75, 3.05) is 10.6 Å². The third-order valence-corrected chi connectivity index (χ3v) is 3.86. The van der Waals surface area contributed by atoms with Crippen LogP contribution >= 0.6 is 0 Å². The van der Waals surface area contributed by atoms with E-state index in [-0.39, 0.29) is 29.6 Å². The van der Waals surface area contributed by atoms with E-state index in [9.17, 15) is 14.4 Å². The molecule has 0 bridgehead atoms. The van der Waals surface area contributed by atoms with Crippen LogP contribution in [-0.4, -0.2) is 23.8 Å². The van der Waals surface area contributed by atoms with Gasteiger partial charge in [0.05, 0.1) is 11.8 Å². The van der Waals surface area contributed by atoms with Crippen molar-refractivity contribution in [3.05, 3.63) is 24.3 Å². The summed E-state index contributed by atoms with van der Waals surface area (Å²) in [4.78, 5) is 34.9. The summed E-state index contributed by atoms with van der Waals surface area (Å²) in [7, 11) is 0. The highest BCUT2D eigenvalue weighted by Crippen LogP contribution is 2.40. The molecule has 6 heteroatoms. The zero-order valence-electron chi connectivity index (χ0n) is 12.4. The van der Waals surface area contributed by atoms with Gasteiger partial charge in [-0.05, 0) is 43.5 Å². The number of carbonyl (C=O) groups is 3. The third kappa shape index (κ3) is 3.63. The Morgan fingerprint density at radius 3 is 2.00 bits per heavy atom. The van der Waals surface area contributed by atoms with E-state index >= 15 is 0 Å². The minimum absolute atomic E-state index is 0.00339. The van der Waals surface area contributed by atoms with Crippen LogP contribution in [0.25, 0.3) is 0 Å². The predicted molar refractivity (Wildman–Crippen MR) is 82.1 cm³/mol. The Morgan fingerprint density at radius 1 is 0.909 bits per heavy atom. The van der Waals surface area contributed by atoms with Gasteiger partial charge in [-0.2, -0.15) is 0 Å². The van der Waals surface area contributed by atoms with Crippen molar-refractivity contribution >= 4 is 29.1 Å². The zero-order chi connectivity index (χ0) is 15.7. The second-order valence-electron chi connectivity index (χ2n) is 5.98. The van der Waals surface area contributed by atoms with E-state index in [1.807, 2.05) is 0 Å². The van der Waals surface area contributed by atoms with E-state index in [1.165, 1.54) is 6.92 Å². The summed E-state index contributed by atoms with van der Waals surface area (Å²) in [5.41, 5.74) is 1.34. The van der Waals surface area contributed by atoms with Gasteiger partial charge in [0.1, 0.15) is 0 Å². The molecule has 2 unspecified atom stereocenters. The Kier molecular flexibility index (Phi) is 3.83. The Labute approximate surface area is 128 Å². The highest BCUT2D eigenvalue weighted by molar-refractivity contribution is 5.99. The number of benzene rings is 1. The highest BCUT2D eigenvalue weighted by atomic mass is 16.2. The van der Waals surface area contributed by atoms with E-state index in [4.69, 9.17) is 0 Å². The second-order valence-corrected chi connectivity index (χ2v) is 5.98. The minimum atomic E-state index is -0.228. The molecule has 0 spiro atoms. The molecule has 0 radical (unpaired) electrons. The molecular formula is C16H19N3O3. The fraction of sp³-hybridized carbons (Fsp3) is 0.438. The first-order valence-corrected chi connectivity index (χ1v) is 7.52.